The average Bonchev–Trinajstić information content (AvgIpc) is 2.65. The summed E-state index contributed by atoms with van der Waals surface area (Å²) in [7, 11) is 0. The fourth-order valence-corrected chi connectivity index (χ4v) is 2.28. The summed E-state index contributed by atoms with van der Waals surface area (Å²) in [5.41, 5.74) is 4.71. The van der Waals surface area contributed by atoms with Crippen molar-refractivity contribution >= 4 is 17.6 Å². The van der Waals surface area contributed by atoms with Crippen molar-refractivity contribution in [3.63, 3.8) is 0 Å². The zero-order chi connectivity index (χ0) is 20.2. The summed E-state index contributed by atoms with van der Waals surface area (Å²) in [5.74, 6) is 0.0962. The quantitative estimate of drug-likeness (QED) is 0.568. The number of hydrogen-bond donors (Lipinski definition) is 2. The first-order valence-corrected chi connectivity index (χ1v) is 9.68. The Bertz CT molecular complexity index is 379. The molecule has 0 saturated heterocycles. The molecule has 0 spiro atoms. The van der Waals surface area contributed by atoms with Crippen LogP contribution in [-0.2, 0) is 23.9 Å². The maximum absolute atomic E-state index is 11.7. The number of carbonyl (C=O) groups excluding carboxylic acids is 3. The van der Waals surface area contributed by atoms with Crippen LogP contribution in [0.2, 0.25) is 0 Å². The van der Waals surface area contributed by atoms with Crippen molar-refractivity contribution in [3.05, 3.63) is 0 Å². The number of primary amides is 1. The van der Waals surface area contributed by atoms with Crippen molar-refractivity contribution in [2.75, 3.05) is 33.0 Å². The summed E-state index contributed by atoms with van der Waals surface area (Å²) in [6.45, 7) is 9.43. The zero-order valence-electron chi connectivity index (χ0n) is 17.0. The van der Waals surface area contributed by atoms with E-state index >= 15 is 0 Å². The molecule has 0 aliphatic heterocycles. The van der Waals surface area contributed by atoms with Gasteiger partial charge in [-0.2, -0.15) is 0 Å². The normalized spacial score (nSPS) is 13.5. The summed E-state index contributed by atoms with van der Waals surface area (Å²) < 4.78 is 9.87. The molecule has 158 valence electrons. The second-order valence-corrected chi connectivity index (χ2v) is 5.79. The van der Waals surface area contributed by atoms with Crippen molar-refractivity contribution < 1.29 is 26.7 Å². The Labute approximate surface area is 161 Å². The van der Waals surface area contributed by atoms with E-state index in [9.17, 15) is 14.4 Å². The van der Waals surface area contributed by atoms with E-state index in [0.717, 1.165) is 12.8 Å². The summed E-state index contributed by atoms with van der Waals surface area (Å²) in [6, 6.07) is 0. The molecule has 26 heavy (non-hydrogen) atoms. The van der Waals surface area contributed by atoms with Crippen LogP contribution >= 0.6 is 0 Å². The Morgan fingerprint density at radius 2 is 1.69 bits per heavy atom. The second kappa shape index (κ2) is 19.8. The van der Waals surface area contributed by atoms with Crippen LogP contribution < -0.4 is 11.1 Å². The van der Waals surface area contributed by atoms with Crippen molar-refractivity contribution in [3.8, 4) is 0 Å². The van der Waals surface area contributed by atoms with E-state index < -0.39 is 5.91 Å². The Kier molecular flexibility index (Phi) is 20.4. The SMILES string of the molecule is CC.CC(=O)CCOCCNC(=O)C1CCCCC1.CCOCC(N)=O.[HH].[HH]. The minimum atomic E-state index is -0.415. The van der Waals surface area contributed by atoms with Crippen molar-refractivity contribution in [2.24, 2.45) is 11.7 Å². The number of nitrogens with one attached hydrogen (secondary N) is 1. The second-order valence-electron chi connectivity index (χ2n) is 5.79. The molecule has 0 aromatic rings. The van der Waals surface area contributed by atoms with Gasteiger partial charge in [0.25, 0.3) is 0 Å². The molecule has 0 heterocycles. The topological polar surface area (TPSA) is 108 Å². The fraction of sp³-hybridized carbons (Fsp3) is 0.842. The van der Waals surface area contributed by atoms with Crippen LogP contribution in [0.4, 0.5) is 0 Å². The number of ether oxygens (including phenoxy) is 2. The van der Waals surface area contributed by atoms with Crippen molar-refractivity contribution in [2.45, 2.75) is 66.2 Å². The first kappa shape index (κ1) is 26.8. The number of nitrogens with two attached hydrogens (primary N) is 1. The van der Waals surface area contributed by atoms with E-state index in [4.69, 9.17) is 10.5 Å². The number of Topliss-reactive ketones (excluding diaryl/α,β-unsaturated/α-hetero) is 1. The molecule has 7 nitrogen and oxygen atoms in total. The molecule has 1 rings (SSSR count). The number of ketones is 1. The Morgan fingerprint density at radius 3 is 2.15 bits per heavy atom. The van der Waals surface area contributed by atoms with Crippen LogP contribution in [0.3, 0.4) is 0 Å². The van der Waals surface area contributed by atoms with Gasteiger partial charge in [0.1, 0.15) is 12.4 Å². The van der Waals surface area contributed by atoms with Crippen LogP contribution in [0.1, 0.15) is 69.1 Å². The molecule has 3 N–H and O–H groups in total. The van der Waals surface area contributed by atoms with E-state index in [2.05, 4.69) is 10.1 Å². The molecule has 1 aliphatic rings. The molecular weight excluding hydrogens is 336 g/mol. The number of rotatable bonds is 10. The Morgan fingerprint density at radius 1 is 1.08 bits per heavy atom. The van der Waals surface area contributed by atoms with Gasteiger partial charge >= 0.3 is 0 Å². The highest BCUT2D eigenvalue weighted by Gasteiger charge is 2.20. The number of hydrogen-bond acceptors (Lipinski definition) is 5. The molecule has 0 aromatic carbocycles. The maximum atomic E-state index is 11.7. The smallest absolute Gasteiger partial charge is 0.243 e. The van der Waals surface area contributed by atoms with E-state index in [1.807, 2.05) is 20.8 Å². The molecule has 0 atom stereocenters. The third-order valence-electron chi connectivity index (χ3n) is 3.57. The monoisotopic (exact) mass is 378 g/mol. The predicted molar refractivity (Wildman–Crippen MR) is 107 cm³/mol. The zero-order valence-corrected chi connectivity index (χ0v) is 17.0. The third-order valence-corrected chi connectivity index (χ3v) is 3.57. The van der Waals surface area contributed by atoms with Crippen LogP contribution in [0.5, 0.6) is 0 Å². The van der Waals surface area contributed by atoms with Crippen LogP contribution in [0.25, 0.3) is 0 Å². The fourth-order valence-electron chi connectivity index (χ4n) is 2.28. The highest BCUT2D eigenvalue weighted by molar-refractivity contribution is 5.78. The first-order chi connectivity index (χ1) is 12.5. The number of carbonyl (C=O) groups is 3. The average molecular weight is 379 g/mol. The Balaban J connectivity index is -0.000000224. The predicted octanol–water partition coefficient (Wildman–Crippen LogP) is 2.71. The van der Waals surface area contributed by atoms with Gasteiger partial charge in [-0.15, -0.1) is 0 Å². The standard InChI is InChI=1S/C13H23NO3.C4H9NO2.C2H6.2H2/c1-11(15)7-9-17-10-8-14-13(16)12-5-3-2-4-6-12;1-2-7-3-4(5)6;1-2;;/h12H,2-10H2,1H3,(H,14,16);2-3H2,1H3,(H2,5,6);1-2H3;2*1H. The van der Waals surface area contributed by atoms with Gasteiger partial charge in [0, 0.05) is 28.3 Å². The highest BCUT2D eigenvalue weighted by atomic mass is 16.5. The van der Waals surface area contributed by atoms with E-state index in [0.29, 0.717) is 32.8 Å². The molecule has 2 amide bonds. The molecule has 1 fully saturated rings. The van der Waals surface area contributed by atoms with Crippen LogP contribution in [0.15, 0.2) is 0 Å². The van der Waals surface area contributed by atoms with Gasteiger partial charge in [-0.1, -0.05) is 33.1 Å². The van der Waals surface area contributed by atoms with Crippen molar-refractivity contribution in [1.82, 2.24) is 5.32 Å². The van der Waals surface area contributed by atoms with Crippen LogP contribution in [-0.4, -0.2) is 50.6 Å². The van der Waals surface area contributed by atoms with Gasteiger partial charge < -0.3 is 20.5 Å². The lowest BCUT2D eigenvalue weighted by molar-refractivity contribution is -0.126. The van der Waals surface area contributed by atoms with E-state index in [-0.39, 0.29) is 27.1 Å². The summed E-state index contributed by atoms with van der Waals surface area (Å²) in [4.78, 5) is 32.2. The van der Waals surface area contributed by atoms with E-state index in [1.54, 1.807) is 6.92 Å². The van der Waals surface area contributed by atoms with E-state index in [1.165, 1.54) is 19.3 Å². The maximum Gasteiger partial charge on any atom is 0.243 e. The molecule has 0 aromatic heterocycles. The lowest BCUT2D eigenvalue weighted by atomic mass is 9.89. The lowest BCUT2D eigenvalue weighted by Crippen LogP contribution is -2.34. The highest BCUT2D eigenvalue weighted by Crippen LogP contribution is 2.23. The van der Waals surface area contributed by atoms with Gasteiger partial charge in [0.2, 0.25) is 11.8 Å². The molecule has 7 heteroatoms. The number of amides is 2. The van der Waals surface area contributed by atoms with Gasteiger partial charge in [0.15, 0.2) is 0 Å². The molecule has 0 unspecified atom stereocenters. The van der Waals surface area contributed by atoms with Gasteiger partial charge in [-0.3, -0.25) is 14.4 Å². The van der Waals surface area contributed by atoms with Crippen LogP contribution in [0, 0.1) is 5.92 Å². The summed E-state index contributed by atoms with van der Waals surface area (Å²) >= 11 is 0. The van der Waals surface area contributed by atoms with Crippen molar-refractivity contribution in [1.29, 1.82) is 0 Å². The van der Waals surface area contributed by atoms with Gasteiger partial charge in [0.05, 0.1) is 13.2 Å². The Hall–Kier alpha value is -1.47. The lowest BCUT2D eigenvalue weighted by Gasteiger charge is -2.20. The summed E-state index contributed by atoms with van der Waals surface area (Å²) in [5, 5.41) is 2.89. The first-order valence-electron chi connectivity index (χ1n) is 9.68. The van der Waals surface area contributed by atoms with Gasteiger partial charge in [-0.25, -0.2) is 0 Å². The molecule has 1 aliphatic carbocycles. The third kappa shape index (κ3) is 18.9. The molecule has 0 radical (unpaired) electrons. The molecule has 0 bridgehead atoms. The molecular formula is C19H42N2O5. The largest absolute Gasteiger partial charge is 0.379 e. The molecule has 1 saturated carbocycles. The van der Waals surface area contributed by atoms with Gasteiger partial charge in [-0.05, 0) is 26.7 Å². The minimum absolute atomic E-state index is 0. The summed E-state index contributed by atoms with van der Waals surface area (Å²) in [6.07, 6.45) is 6.11. The minimum Gasteiger partial charge on any atom is -0.379 e.